The largest absolute Gasteiger partial charge is 0.497 e. The Morgan fingerprint density at radius 3 is 2.79 bits per heavy atom. The van der Waals surface area contributed by atoms with Crippen molar-refractivity contribution >= 4 is 27.5 Å². The van der Waals surface area contributed by atoms with Gasteiger partial charge in [0.1, 0.15) is 10.8 Å². The maximum Gasteiger partial charge on any atom is 0.277 e. The molecule has 3 aromatic rings. The average molecular weight is 411 g/mol. The summed E-state index contributed by atoms with van der Waals surface area (Å²) in [4.78, 5) is 20.8. The molecule has 2 aromatic carbocycles. The number of likely N-dealkylation sites (tertiary alicyclic amines) is 1. The number of para-hydroxylation sites is 1. The minimum Gasteiger partial charge on any atom is -0.497 e. The van der Waals surface area contributed by atoms with Crippen molar-refractivity contribution in [3.05, 3.63) is 59.1 Å². The van der Waals surface area contributed by atoms with Crippen LogP contribution in [0.1, 0.15) is 29.3 Å². The van der Waals surface area contributed by atoms with Crippen LogP contribution in [-0.4, -0.2) is 49.6 Å². The second-order valence-electron chi connectivity index (χ2n) is 7.84. The van der Waals surface area contributed by atoms with Crippen molar-refractivity contribution in [1.82, 2.24) is 9.88 Å². The van der Waals surface area contributed by atoms with E-state index in [1.54, 1.807) is 18.4 Å². The monoisotopic (exact) mass is 410 g/mol. The maximum atomic E-state index is 12.8. The van der Waals surface area contributed by atoms with Crippen LogP contribution in [0.15, 0.2) is 48.5 Å². The minimum atomic E-state index is 0.195. The van der Waals surface area contributed by atoms with Crippen LogP contribution in [0.2, 0.25) is 0 Å². The molecule has 1 fully saturated rings. The number of carbonyl (C=O) groups excluding carboxylic acids is 1. The van der Waals surface area contributed by atoms with Crippen molar-refractivity contribution < 1.29 is 14.4 Å². The lowest BCUT2D eigenvalue weighted by molar-refractivity contribution is -0.898. The molecule has 1 aliphatic rings. The molecule has 152 valence electrons. The zero-order valence-electron chi connectivity index (χ0n) is 17.1. The summed E-state index contributed by atoms with van der Waals surface area (Å²) in [6, 6.07) is 16.2. The van der Waals surface area contributed by atoms with Crippen LogP contribution >= 0.6 is 11.3 Å². The van der Waals surface area contributed by atoms with Crippen molar-refractivity contribution in [3.63, 3.8) is 0 Å². The van der Waals surface area contributed by atoms with E-state index in [0.717, 1.165) is 36.3 Å². The highest BCUT2D eigenvalue weighted by atomic mass is 32.1. The van der Waals surface area contributed by atoms with Crippen LogP contribution < -0.4 is 9.64 Å². The van der Waals surface area contributed by atoms with Gasteiger partial charge in [0.25, 0.3) is 5.91 Å². The Bertz CT molecular complexity index is 937. The topological polar surface area (TPSA) is 46.9 Å². The van der Waals surface area contributed by atoms with E-state index in [1.165, 1.54) is 21.0 Å². The van der Waals surface area contributed by atoms with E-state index in [9.17, 15) is 4.79 Å². The first kappa shape index (κ1) is 19.9. The summed E-state index contributed by atoms with van der Waals surface area (Å²) in [7, 11) is 3.55. The van der Waals surface area contributed by atoms with Gasteiger partial charge in [0.05, 0.1) is 36.3 Å². The number of piperidine rings is 1. The summed E-state index contributed by atoms with van der Waals surface area (Å²) in [6.45, 7) is 3.22. The third-order valence-electron chi connectivity index (χ3n) is 5.68. The molecule has 1 amide bonds. The minimum absolute atomic E-state index is 0.195. The number of aromatic nitrogens is 1. The Labute approximate surface area is 175 Å². The van der Waals surface area contributed by atoms with Crippen molar-refractivity contribution in [2.75, 3.05) is 33.8 Å². The standard InChI is InChI=1S/C23H27N3O2S/c1-25(14-17-9-11-19(28-2)12-10-17)22(27)16-26-13-5-6-18(15-26)23-24-20-7-3-4-8-21(20)29-23/h3-4,7-12,18H,5-6,13-16H2,1-2H3/p+1/t18-/m0/s1. The van der Waals surface area contributed by atoms with Gasteiger partial charge in [-0.1, -0.05) is 24.3 Å². The molecule has 1 aliphatic heterocycles. The lowest BCUT2D eigenvalue weighted by atomic mass is 9.98. The Morgan fingerprint density at radius 1 is 1.24 bits per heavy atom. The van der Waals surface area contributed by atoms with Crippen LogP contribution in [0, 0.1) is 0 Å². The lowest BCUT2D eigenvalue weighted by Gasteiger charge is -2.29. The first-order chi connectivity index (χ1) is 14.1. The molecule has 1 N–H and O–H groups in total. The molecular formula is C23H28N3O2S+. The fourth-order valence-electron chi connectivity index (χ4n) is 4.03. The smallest absolute Gasteiger partial charge is 0.277 e. The summed E-state index contributed by atoms with van der Waals surface area (Å²) in [5, 5.41) is 1.22. The molecule has 5 nitrogen and oxygen atoms in total. The fraction of sp³-hybridized carbons (Fsp3) is 0.391. The first-order valence-electron chi connectivity index (χ1n) is 10.2. The van der Waals surface area contributed by atoms with Crippen LogP contribution in [0.3, 0.4) is 0 Å². The van der Waals surface area contributed by atoms with E-state index in [4.69, 9.17) is 9.72 Å². The van der Waals surface area contributed by atoms with E-state index in [-0.39, 0.29) is 5.91 Å². The average Bonchev–Trinajstić information content (AvgIpc) is 3.19. The van der Waals surface area contributed by atoms with Gasteiger partial charge in [-0.3, -0.25) is 4.79 Å². The van der Waals surface area contributed by atoms with Crippen LogP contribution in [0.25, 0.3) is 10.2 Å². The molecule has 2 heterocycles. The zero-order chi connectivity index (χ0) is 20.2. The van der Waals surface area contributed by atoms with E-state index in [0.29, 0.717) is 19.0 Å². The Hall–Kier alpha value is -2.44. The number of methoxy groups -OCH3 is 1. The number of benzene rings is 2. The third kappa shape index (κ3) is 4.77. The van der Waals surface area contributed by atoms with E-state index < -0.39 is 0 Å². The summed E-state index contributed by atoms with van der Waals surface area (Å²) < 4.78 is 6.45. The van der Waals surface area contributed by atoms with Gasteiger partial charge < -0.3 is 14.5 Å². The Morgan fingerprint density at radius 2 is 2.03 bits per heavy atom. The second-order valence-corrected chi connectivity index (χ2v) is 8.90. The molecule has 1 saturated heterocycles. The number of likely N-dealkylation sites (N-methyl/N-ethyl adjacent to an activating group) is 1. The highest BCUT2D eigenvalue weighted by Gasteiger charge is 2.29. The molecule has 1 aromatic heterocycles. The molecule has 0 spiro atoms. The SMILES string of the molecule is COc1ccc(CN(C)C(=O)C[NH+]2CCC[C@H](c3nc4ccccc4s3)C2)cc1. The third-order valence-corrected chi connectivity index (χ3v) is 6.88. The van der Waals surface area contributed by atoms with Crippen molar-refractivity contribution in [1.29, 1.82) is 0 Å². The number of hydrogen-bond donors (Lipinski definition) is 1. The predicted molar refractivity (Wildman–Crippen MR) is 117 cm³/mol. The molecule has 2 atom stereocenters. The first-order valence-corrected chi connectivity index (χ1v) is 11.0. The molecule has 4 rings (SSSR count). The van der Waals surface area contributed by atoms with Gasteiger partial charge in [0.2, 0.25) is 0 Å². The maximum absolute atomic E-state index is 12.8. The van der Waals surface area contributed by atoms with Crippen molar-refractivity contribution in [2.24, 2.45) is 0 Å². The van der Waals surface area contributed by atoms with Crippen molar-refractivity contribution in [3.8, 4) is 5.75 Å². The predicted octanol–water partition coefficient (Wildman–Crippen LogP) is 2.73. The number of nitrogens with zero attached hydrogens (tertiary/aromatic N) is 2. The zero-order valence-corrected chi connectivity index (χ0v) is 17.9. The lowest BCUT2D eigenvalue weighted by Crippen LogP contribution is -3.14. The molecule has 1 unspecified atom stereocenters. The van der Waals surface area contributed by atoms with Gasteiger partial charge in [-0.25, -0.2) is 4.98 Å². The van der Waals surface area contributed by atoms with E-state index >= 15 is 0 Å². The number of hydrogen-bond acceptors (Lipinski definition) is 4. The quantitative estimate of drug-likeness (QED) is 0.680. The molecule has 6 heteroatoms. The van der Waals surface area contributed by atoms with Crippen LogP contribution in [0.4, 0.5) is 0 Å². The number of thiazole rings is 1. The normalized spacial score (nSPS) is 19.2. The second kappa shape index (κ2) is 8.93. The molecular weight excluding hydrogens is 382 g/mol. The molecule has 0 saturated carbocycles. The fourth-order valence-corrected chi connectivity index (χ4v) is 5.13. The van der Waals surface area contributed by atoms with Crippen LogP contribution in [0.5, 0.6) is 5.75 Å². The number of ether oxygens (including phenoxy) is 1. The molecule has 0 aliphatic carbocycles. The summed E-state index contributed by atoms with van der Waals surface area (Å²) in [5.74, 6) is 1.48. The Kier molecular flexibility index (Phi) is 6.11. The van der Waals surface area contributed by atoms with E-state index in [2.05, 4.69) is 18.2 Å². The molecule has 29 heavy (non-hydrogen) atoms. The van der Waals surface area contributed by atoms with Gasteiger partial charge in [-0.05, 0) is 42.7 Å². The van der Waals surface area contributed by atoms with Gasteiger partial charge in [-0.15, -0.1) is 11.3 Å². The van der Waals surface area contributed by atoms with E-state index in [1.807, 2.05) is 42.3 Å². The number of fused-ring (bicyclic) bond motifs is 1. The summed E-state index contributed by atoms with van der Waals surface area (Å²) >= 11 is 1.81. The van der Waals surface area contributed by atoms with Crippen molar-refractivity contribution in [2.45, 2.75) is 25.3 Å². The molecule has 0 radical (unpaired) electrons. The Balaban J connectivity index is 1.34. The number of nitrogens with one attached hydrogen (secondary N) is 1. The van der Waals surface area contributed by atoms with Crippen LogP contribution in [-0.2, 0) is 11.3 Å². The number of amides is 1. The number of rotatable bonds is 6. The number of quaternary nitrogens is 1. The summed E-state index contributed by atoms with van der Waals surface area (Å²) in [5.41, 5.74) is 2.21. The highest BCUT2D eigenvalue weighted by molar-refractivity contribution is 7.18. The highest BCUT2D eigenvalue weighted by Crippen LogP contribution is 2.30. The number of carbonyl (C=O) groups is 1. The van der Waals surface area contributed by atoms with Gasteiger partial charge in [0.15, 0.2) is 6.54 Å². The van der Waals surface area contributed by atoms with Gasteiger partial charge in [-0.2, -0.15) is 0 Å². The summed E-state index contributed by atoms with van der Waals surface area (Å²) in [6.07, 6.45) is 2.31. The molecule has 0 bridgehead atoms. The van der Waals surface area contributed by atoms with Gasteiger partial charge in [0, 0.05) is 13.6 Å². The van der Waals surface area contributed by atoms with Gasteiger partial charge >= 0.3 is 0 Å².